The number of aromatic nitrogens is 1. The number of esters is 1. The molecule has 0 atom stereocenters. The predicted octanol–water partition coefficient (Wildman–Crippen LogP) is 6.60. The molecule has 7 nitrogen and oxygen atoms in total. The highest BCUT2D eigenvalue weighted by Gasteiger charge is 2.25. The number of carbonyl (C=O) groups is 1. The summed E-state index contributed by atoms with van der Waals surface area (Å²) in [6.45, 7) is 3.61. The molecule has 216 valence electrons. The molecule has 0 radical (unpaired) electrons. The average molecular weight is 583 g/mol. The van der Waals surface area contributed by atoms with E-state index in [2.05, 4.69) is 17.0 Å². The first kappa shape index (κ1) is 29.1. The highest BCUT2D eigenvalue weighted by molar-refractivity contribution is 7.22. The Morgan fingerprint density at radius 2 is 1.50 bits per heavy atom. The number of carbonyl (C=O) groups excluding carboxylic acids is 1. The molecule has 0 fully saturated rings. The van der Waals surface area contributed by atoms with E-state index in [0.29, 0.717) is 25.0 Å². The molecule has 3 aromatic carbocycles. The van der Waals surface area contributed by atoms with Crippen LogP contribution in [-0.2, 0) is 24.4 Å². The minimum absolute atomic E-state index is 0.0314. The van der Waals surface area contributed by atoms with Crippen molar-refractivity contribution in [3.63, 3.8) is 0 Å². The topological polar surface area (TPSA) is 70.0 Å². The van der Waals surface area contributed by atoms with Crippen molar-refractivity contribution in [2.45, 2.75) is 26.6 Å². The Morgan fingerprint density at radius 1 is 0.857 bits per heavy atom. The lowest BCUT2D eigenvalue weighted by atomic mass is 10.0. The van der Waals surface area contributed by atoms with Crippen LogP contribution < -0.4 is 14.9 Å². The van der Waals surface area contributed by atoms with Crippen LogP contribution in [0.4, 0.5) is 0 Å². The summed E-state index contributed by atoms with van der Waals surface area (Å²) >= 11 is 1.56. The van der Waals surface area contributed by atoms with Crippen LogP contribution in [0.1, 0.15) is 34.0 Å². The van der Waals surface area contributed by atoms with Gasteiger partial charge in [0.2, 0.25) is 5.43 Å². The van der Waals surface area contributed by atoms with Gasteiger partial charge in [0.15, 0.2) is 0 Å². The Bertz CT molecular complexity index is 1730. The van der Waals surface area contributed by atoms with Gasteiger partial charge in [-0.3, -0.25) is 9.69 Å². The van der Waals surface area contributed by atoms with Crippen LogP contribution in [0, 0.1) is 0 Å². The van der Waals surface area contributed by atoms with Crippen molar-refractivity contribution < 1.29 is 19.0 Å². The van der Waals surface area contributed by atoms with Crippen molar-refractivity contribution in [1.29, 1.82) is 0 Å². The van der Waals surface area contributed by atoms with E-state index in [1.54, 1.807) is 38.7 Å². The lowest BCUT2D eigenvalue weighted by molar-refractivity contribution is 0.0524. The summed E-state index contributed by atoms with van der Waals surface area (Å²) in [5.74, 6) is 0.901. The van der Waals surface area contributed by atoms with Crippen LogP contribution in [0.3, 0.4) is 0 Å². The number of nitrogens with zero attached hydrogens (tertiary/aromatic N) is 2. The summed E-state index contributed by atoms with van der Waals surface area (Å²) in [7, 11) is 5.31. The van der Waals surface area contributed by atoms with Gasteiger partial charge in [0.25, 0.3) is 0 Å². The van der Waals surface area contributed by atoms with E-state index < -0.39 is 5.97 Å². The van der Waals surface area contributed by atoms with Crippen molar-refractivity contribution in [2.24, 2.45) is 0 Å². The molecule has 2 heterocycles. The molecule has 42 heavy (non-hydrogen) atoms. The van der Waals surface area contributed by atoms with E-state index in [-0.39, 0.29) is 17.6 Å². The number of hydrogen-bond acceptors (Lipinski definition) is 7. The van der Waals surface area contributed by atoms with Gasteiger partial charge in [-0.2, -0.15) is 0 Å². The summed E-state index contributed by atoms with van der Waals surface area (Å²) in [6.07, 6.45) is 1.64. The molecule has 0 spiro atoms. The molecule has 8 heteroatoms. The fourth-order valence-corrected chi connectivity index (χ4v) is 6.33. The molecule has 5 rings (SSSR count). The summed E-state index contributed by atoms with van der Waals surface area (Å²) in [4.78, 5) is 31.1. The first-order valence-corrected chi connectivity index (χ1v) is 14.6. The number of fused-ring (bicyclic) bond motifs is 1. The molecule has 0 amide bonds. The number of hydrogen-bond donors (Lipinski definition) is 0. The van der Waals surface area contributed by atoms with E-state index >= 15 is 0 Å². The minimum Gasteiger partial charge on any atom is -0.497 e. The Morgan fingerprint density at radius 3 is 2.12 bits per heavy atom. The van der Waals surface area contributed by atoms with E-state index in [0.717, 1.165) is 37.9 Å². The first-order valence-electron chi connectivity index (χ1n) is 13.8. The minimum atomic E-state index is -0.617. The van der Waals surface area contributed by atoms with E-state index in [1.807, 2.05) is 78.3 Å². The van der Waals surface area contributed by atoms with Crippen molar-refractivity contribution in [2.75, 3.05) is 27.9 Å². The Balaban J connectivity index is 1.70. The van der Waals surface area contributed by atoms with Gasteiger partial charge in [-0.25, -0.2) is 4.79 Å². The number of benzene rings is 3. The van der Waals surface area contributed by atoms with Crippen molar-refractivity contribution in [3.8, 4) is 21.9 Å². The maximum Gasteiger partial charge on any atom is 0.343 e. The number of ether oxygens (including phenoxy) is 3. The lowest BCUT2D eigenvalue weighted by Crippen LogP contribution is -2.23. The van der Waals surface area contributed by atoms with Gasteiger partial charge in [-0.15, -0.1) is 11.3 Å². The first-order chi connectivity index (χ1) is 20.4. The molecule has 0 aliphatic carbocycles. The van der Waals surface area contributed by atoms with Crippen LogP contribution in [0.15, 0.2) is 89.9 Å². The molecule has 0 N–H and O–H groups in total. The average Bonchev–Trinajstić information content (AvgIpc) is 3.39. The molecule has 0 unspecified atom stereocenters. The fraction of sp³-hybridized carbons (Fsp3) is 0.235. The second-order valence-electron chi connectivity index (χ2n) is 10.0. The quantitative estimate of drug-likeness (QED) is 0.163. The molecule has 2 aromatic heterocycles. The number of thiophene rings is 1. The summed E-state index contributed by atoms with van der Waals surface area (Å²) in [5.41, 5.74) is 3.77. The van der Waals surface area contributed by atoms with Gasteiger partial charge in [-0.1, -0.05) is 42.5 Å². The SMILES string of the molecule is CCOC(=O)c1cn(Cc2ccc(OC)cc2)c2sc(-c3ccc(OC)cc3)c(CN(C)Cc3ccccc3)c2c1=O. The molecular formula is C34H34N2O5S. The standard InChI is InChI=1S/C34H34N2O5S/c1-5-41-34(38)29-22-36(20-24-11-15-26(39-3)16-12-24)33-30(31(29)37)28(21-35(2)19-23-9-7-6-8-10-23)32(42-33)25-13-17-27(40-4)18-14-25/h6-18,22H,5,19-21H2,1-4H3. The zero-order chi connectivity index (χ0) is 29.6. The van der Waals surface area contributed by atoms with Crippen LogP contribution in [0.25, 0.3) is 20.7 Å². The van der Waals surface area contributed by atoms with Crippen molar-refractivity contribution in [1.82, 2.24) is 9.47 Å². The van der Waals surface area contributed by atoms with Crippen molar-refractivity contribution in [3.05, 3.63) is 118 Å². The maximum atomic E-state index is 14.1. The van der Waals surface area contributed by atoms with Crippen LogP contribution in [-0.4, -0.2) is 43.3 Å². The monoisotopic (exact) mass is 582 g/mol. The molecule has 5 aromatic rings. The number of pyridine rings is 1. The summed E-state index contributed by atoms with van der Waals surface area (Å²) < 4.78 is 18.0. The van der Waals surface area contributed by atoms with E-state index in [9.17, 15) is 9.59 Å². The zero-order valence-corrected chi connectivity index (χ0v) is 25.1. The normalized spacial score (nSPS) is 11.2. The van der Waals surface area contributed by atoms with Gasteiger partial charge in [0, 0.05) is 30.7 Å². The summed E-state index contributed by atoms with van der Waals surface area (Å²) in [5, 5.41) is 0.546. The lowest BCUT2D eigenvalue weighted by Gasteiger charge is -2.18. The molecule has 0 saturated carbocycles. The van der Waals surface area contributed by atoms with Crippen LogP contribution >= 0.6 is 11.3 Å². The molecule has 0 aliphatic heterocycles. The zero-order valence-electron chi connectivity index (χ0n) is 24.3. The second kappa shape index (κ2) is 13.1. The van der Waals surface area contributed by atoms with Gasteiger partial charge in [-0.05, 0) is 72.6 Å². The molecule has 0 bridgehead atoms. The maximum absolute atomic E-state index is 14.1. The summed E-state index contributed by atoms with van der Waals surface area (Å²) in [6, 6.07) is 25.9. The van der Waals surface area contributed by atoms with Gasteiger partial charge >= 0.3 is 5.97 Å². The highest BCUT2D eigenvalue weighted by atomic mass is 32.1. The molecular weight excluding hydrogens is 548 g/mol. The Kier molecular flexibility index (Phi) is 9.05. The van der Waals surface area contributed by atoms with Gasteiger partial charge in [0.1, 0.15) is 21.9 Å². The van der Waals surface area contributed by atoms with E-state index in [1.165, 1.54) is 5.56 Å². The predicted molar refractivity (Wildman–Crippen MR) is 168 cm³/mol. The second-order valence-corrected chi connectivity index (χ2v) is 11.0. The molecule has 0 saturated heterocycles. The third-order valence-corrected chi connectivity index (χ3v) is 8.41. The Hall–Kier alpha value is -4.40. The number of methoxy groups -OCH3 is 2. The van der Waals surface area contributed by atoms with Crippen LogP contribution in [0.5, 0.6) is 11.5 Å². The van der Waals surface area contributed by atoms with Gasteiger partial charge < -0.3 is 18.8 Å². The van der Waals surface area contributed by atoms with Crippen LogP contribution in [0.2, 0.25) is 0 Å². The smallest absolute Gasteiger partial charge is 0.343 e. The largest absolute Gasteiger partial charge is 0.497 e. The highest BCUT2D eigenvalue weighted by Crippen LogP contribution is 2.39. The fourth-order valence-electron chi connectivity index (χ4n) is 5.04. The number of rotatable bonds is 11. The van der Waals surface area contributed by atoms with Crippen molar-refractivity contribution >= 4 is 27.5 Å². The third kappa shape index (κ3) is 6.25. The Labute approximate surface area is 249 Å². The van der Waals surface area contributed by atoms with Gasteiger partial charge in [0.05, 0.1) is 26.2 Å². The van der Waals surface area contributed by atoms with E-state index in [4.69, 9.17) is 14.2 Å². The molecule has 0 aliphatic rings. The third-order valence-electron chi connectivity index (χ3n) is 7.09.